The maximum absolute atomic E-state index is 12.9. The fraction of sp³-hybridized carbons (Fsp3) is 0.417. The van der Waals surface area contributed by atoms with Crippen LogP contribution in [-0.4, -0.2) is 74.1 Å². The minimum atomic E-state index is -0.573. The van der Waals surface area contributed by atoms with Crippen molar-refractivity contribution in [3.63, 3.8) is 0 Å². The Labute approximate surface area is 290 Å². The molecule has 1 saturated heterocycles. The molecule has 3 heterocycles. The van der Waals surface area contributed by atoms with E-state index in [1.807, 2.05) is 71.0 Å². The number of carbonyl (C=O) groups is 1. The number of carbonyl (C=O) groups excluding carboxylic acids is 1. The van der Waals surface area contributed by atoms with E-state index in [1.54, 1.807) is 39.5 Å². The van der Waals surface area contributed by atoms with Crippen LogP contribution in [0.1, 0.15) is 43.9 Å². The van der Waals surface area contributed by atoms with Gasteiger partial charge in [-0.1, -0.05) is 6.07 Å². The lowest BCUT2D eigenvalue weighted by molar-refractivity contribution is 0.0238. The Morgan fingerprint density at radius 3 is 2.50 bits per heavy atom. The number of methoxy groups -OCH3 is 3. The van der Waals surface area contributed by atoms with Crippen molar-refractivity contribution in [3.8, 4) is 28.9 Å². The summed E-state index contributed by atoms with van der Waals surface area (Å²) in [7, 11) is 6.69. The van der Waals surface area contributed by atoms with Crippen LogP contribution in [0.25, 0.3) is 10.8 Å². The lowest BCUT2D eigenvalue weighted by Crippen LogP contribution is -2.42. The van der Waals surface area contributed by atoms with E-state index in [0.717, 1.165) is 38.8 Å². The van der Waals surface area contributed by atoms with Crippen LogP contribution in [0.15, 0.2) is 47.1 Å². The summed E-state index contributed by atoms with van der Waals surface area (Å²) < 4.78 is 29.8. The number of pyridine rings is 2. The van der Waals surface area contributed by atoms with Gasteiger partial charge >= 0.3 is 6.09 Å². The Morgan fingerprint density at radius 1 is 1.06 bits per heavy atom. The normalized spacial score (nSPS) is 14.5. The van der Waals surface area contributed by atoms with Crippen molar-refractivity contribution in [1.29, 1.82) is 0 Å². The number of nitrogens with one attached hydrogen (secondary N) is 1. The molecule has 4 aromatic rings. The molecule has 0 aliphatic carbocycles. The number of fused-ring (bicyclic) bond motifs is 1. The summed E-state index contributed by atoms with van der Waals surface area (Å²) in [6.45, 7) is 11.3. The second kappa shape index (κ2) is 14.3. The van der Waals surface area contributed by atoms with Gasteiger partial charge in [0.1, 0.15) is 40.2 Å². The number of aryl methyl sites for hydroxylation is 1. The van der Waals surface area contributed by atoms with E-state index in [4.69, 9.17) is 33.7 Å². The molecule has 0 spiro atoms. The SMILES string of the molecule is COc1ccc(CNc2ncc(Br)c3cc(N4CC[C@@H](N(C)C(=O)OC(C)(C)C)C4)nc(Oc4c(C)ccc(OC)c4C)c23)c(OC)c1. The molecule has 5 rings (SSSR count). The minimum Gasteiger partial charge on any atom is -0.497 e. The molecule has 2 aromatic heterocycles. The number of hydrogen-bond acceptors (Lipinski definition) is 10. The number of rotatable bonds is 10. The third-order valence-electron chi connectivity index (χ3n) is 8.40. The van der Waals surface area contributed by atoms with Crippen molar-refractivity contribution in [2.45, 2.75) is 59.2 Å². The maximum Gasteiger partial charge on any atom is 0.410 e. The number of anilines is 2. The number of benzene rings is 2. The number of nitrogens with zero attached hydrogens (tertiary/aromatic N) is 4. The molecule has 0 radical (unpaired) electrons. The van der Waals surface area contributed by atoms with Crippen LogP contribution in [-0.2, 0) is 11.3 Å². The summed E-state index contributed by atoms with van der Waals surface area (Å²) in [5.74, 6) is 4.50. The van der Waals surface area contributed by atoms with Gasteiger partial charge in [0.15, 0.2) is 0 Å². The quantitative estimate of drug-likeness (QED) is 0.174. The van der Waals surface area contributed by atoms with Crippen LogP contribution in [0.2, 0.25) is 0 Å². The number of ether oxygens (including phenoxy) is 5. The lowest BCUT2D eigenvalue weighted by atomic mass is 10.1. The molecule has 1 N–H and O–H groups in total. The van der Waals surface area contributed by atoms with Crippen LogP contribution in [0.5, 0.6) is 28.9 Å². The number of amides is 1. The highest BCUT2D eigenvalue weighted by Gasteiger charge is 2.32. The molecule has 1 aliphatic heterocycles. The van der Waals surface area contributed by atoms with Gasteiger partial charge in [-0.2, -0.15) is 4.98 Å². The third-order valence-corrected chi connectivity index (χ3v) is 9.03. The first-order valence-electron chi connectivity index (χ1n) is 15.8. The number of likely N-dealkylation sites (N-methyl/N-ethyl adjacent to an activating group) is 1. The Hall–Kier alpha value is -4.45. The average molecular weight is 723 g/mol. The van der Waals surface area contributed by atoms with Crippen molar-refractivity contribution in [3.05, 3.63) is 63.8 Å². The van der Waals surface area contributed by atoms with Crippen molar-refractivity contribution in [1.82, 2.24) is 14.9 Å². The van der Waals surface area contributed by atoms with E-state index in [2.05, 4.69) is 26.1 Å². The first kappa shape index (κ1) is 34.9. The Morgan fingerprint density at radius 2 is 1.81 bits per heavy atom. The molecular formula is C36H44BrN5O6. The monoisotopic (exact) mass is 721 g/mol. The first-order chi connectivity index (χ1) is 22.8. The minimum absolute atomic E-state index is 0.0397. The smallest absolute Gasteiger partial charge is 0.410 e. The van der Waals surface area contributed by atoms with E-state index >= 15 is 0 Å². The van der Waals surface area contributed by atoms with Crippen molar-refractivity contribution in [2.24, 2.45) is 0 Å². The highest BCUT2D eigenvalue weighted by atomic mass is 79.9. The van der Waals surface area contributed by atoms with Crippen LogP contribution >= 0.6 is 15.9 Å². The predicted molar refractivity (Wildman–Crippen MR) is 191 cm³/mol. The summed E-state index contributed by atoms with van der Waals surface area (Å²) in [4.78, 5) is 26.6. The zero-order valence-electron chi connectivity index (χ0n) is 29.1. The predicted octanol–water partition coefficient (Wildman–Crippen LogP) is 7.88. The molecule has 48 heavy (non-hydrogen) atoms. The fourth-order valence-corrected chi connectivity index (χ4v) is 6.18. The molecule has 11 nitrogen and oxygen atoms in total. The van der Waals surface area contributed by atoms with E-state index in [9.17, 15) is 4.79 Å². The highest BCUT2D eigenvalue weighted by molar-refractivity contribution is 9.10. The molecule has 0 bridgehead atoms. The van der Waals surface area contributed by atoms with Gasteiger partial charge in [-0.15, -0.1) is 0 Å². The summed E-state index contributed by atoms with van der Waals surface area (Å²) >= 11 is 3.75. The topological polar surface area (TPSA) is 108 Å². The van der Waals surface area contributed by atoms with Crippen LogP contribution < -0.4 is 29.2 Å². The Kier molecular flexibility index (Phi) is 10.4. The van der Waals surface area contributed by atoms with Gasteiger partial charge in [-0.3, -0.25) is 0 Å². The van der Waals surface area contributed by atoms with Gasteiger partial charge in [-0.05, 0) is 86.8 Å². The summed E-state index contributed by atoms with van der Waals surface area (Å²) in [5.41, 5.74) is 2.16. The Balaban J connectivity index is 1.56. The molecule has 1 aliphatic rings. The van der Waals surface area contributed by atoms with Gasteiger partial charge in [0.05, 0.1) is 32.8 Å². The van der Waals surface area contributed by atoms with Gasteiger partial charge in [-0.25, -0.2) is 9.78 Å². The molecular weight excluding hydrogens is 678 g/mol. The van der Waals surface area contributed by atoms with E-state index < -0.39 is 5.60 Å². The molecule has 256 valence electrons. The molecule has 12 heteroatoms. The second-order valence-electron chi connectivity index (χ2n) is 12.8. The van der Waals surface area contributed by atoms with Gasteiger partial charge in [0, 0.05) is 59.9 Å². The summed E-state index contributed by atoms with van der Waals surface area (Å²) in [5, 5.41) is 5.08. The zero-order chi connectivity index (χ0) is 34.7. The van der Waals surface area contributed by atoms with E-state index in [1.165, 1.54) is 0 Å². The van der Waals surface area contributed by atoms with Gasteiger partial charge < -0.3 is 38.8 Å². The lowest BCUT2D eigenvalue weighted by Gasteiger charge is -2.28. The molecule has 0 saturated carbocycles. The van der Waals surface area contributed by atoms with Crippen molar-refractivity contribution < 1.29 is 28.5 Å². The third kappa shape index (κ3) is 7.48. The second-order valence-corrected chi connectivity index (χ2v) is 13.7. The zero-order valence-corrected chi connectivity index (χ0v) is 30.6. The number of halogens is 1. The van der Waals surface area contributed by atoms with Crippen LogP contribution in [0.4, 0.5) is 16.4 Å². The maximum atomic E-state index is 12.9. The van der Waals surface area contributed by atoms with Gasteiger partial charge in [0.25, 0.3) is 0 Å². The summed E-state index contributed by atoms with van der Waals surface area (Å²) in [6, 6.07) is 11.6. The number of hydrogen-bond donors (Lipinski definition) is 1. The Bertz CT molecular complexity index is 1810. The van der Waals surface area contributed by atoms with Crippen molar-refractivity contribution >= 4 is 44.4 Å². The van der Waals surface area contributed by atoms with Crippen molar-refractivity contribution in [2.75, 3.05) is 51.7 Å². The number of aromatic nitrogens is 2. The molecule has 2 aromatic carbocycles. The first-order valence-corrected chi connectivity index (χ1v) is 16.6. The fourth-order valence-electron chi connectivity index (χ4n) is 5.76. The van der Waals surface area contributed by atoms with Crippen LogP contribution in [0.3, 0.4) is 0 Å². The largest absolute Gasteiger partial charge is 0.497 e. The molecule has 0 unspecified atom stereocenters. The standard InChI is InChI=1S/C36H44BrN5O6/c1-21-10-13-28(45-8)22(2)32(21)47-34-31-26(17-30(40-34)42-15-14-24(20-42)41(6)35(43)48-36(3,4)5)27(37)19-39-33(31)38-18-23-11-12-25(44-7)16-29(23)46-9/h10-13,16-17,19,24H,14-15,18,20H2,1-9H3,(H,38,39)/t24-/m1/s1. The molecule has 1 atom stereocenters. The van der Waals surface area contributed by atoms with Gasteiger partial charge in [0.2, 0.25) is 5.88 Å². The van der Waals surface area contributed by atoms with E-state index in [-0.39, 0.29) is 12.1 Å². The average Bonchev–Trinajstić information content (AvgIpc) is 3.55. The highest BCUT2D eigenvalue weighted by Crippen LogP contribution is 2.42. The van der Waals surface area contributed by atoms with Crippen LogP contribution in [0, 0.1) is 13.8 Å². The van der Waals surface area contributed by atoms with E-state index in [0.29, 0.717) is 59.7 Å². The summed E-state index contributed by atoms with van der Waals surface area (Å²) in [6.07, 6.45) is 2.20. The molecule has 1 amide bonds. The molecule has 1 fully saturated rings.